The summed E-state index contributed by atoms with van der Waals surface area (Å²) in [7, 11) is -4.80. The number of aliphatic imine (C=N–C) groups is 1. The molecule has 0 aromatic heterocycles. The largest absolute Gasteiger partial charge is 0.524 e. The average molecular weight is 720 g/mol. The Bertz CT molecular complexity index is 1770. The third-order valence-corrected chi connectivity index (χ3v) is 9.32. The number of carbonyl (C=O) groups excluding carboxylic acids is 3. The highest BCUT2D eigenvalue weighted by molar-refractivity contribution is 7.46. The molecule has 3 aromatic rings. The zero-order valence-corrected chi connectivity index (χ0v) is 28.8. The van der Waals surface area contributed by atoms with E-state index in [1.54, 1.807) is 24.3 Å². The molecule has 2 atom stereocenters. The Morgan fingerprint density at radius 1 is 0.941 bits per heavy atom. The van der Waals surface area contributed by atoms with Crippen molar-refractivity contribution in [3.05, 3.63) is 95.6 Å². The van der Waals surface area contributed by atoms with Crippen LogP contribution in [0.5, 0.6) is 5.75 Å². The van der Waals surface area contributed by atoms with Crippen molar-refractivity contribution in [2.45, 2.75) is 63.6 Å². The maximum absolute atomic E-state index is 14.3. The lowest BCUT2D eigenvalue weighted by molar-refractivity contribution is -0.129. The molecule has 1 saturated carbocycles. The molecule has 3 aromatic carbocycles. The van der Waals surface area contributed by atoms with E-state index in [1.807, 2.05) is 30.3 Å². The molecule has 51 heavy (non-hydrogen) atoms. The Hall–Kier alpha value is -5.04. The zero-order valence-electron chi connectivity index (χ0n) is 27.9. The standard InChI is InChI=1S/C36H42N5O9P/c42-31(37-21-9-12-24-10-3-1-4-11-24)23-41-30-16-8-7-15-28(30)32(26-13-5-2-6-14-26)39-33(35(41)44)40-34(43)29(38-36(45)46)22-25-17-19-27(20-18-25)50-51(47,48)49/h2,5-8,13-20,24,29,33,38H,1,3-4,9-12,21-23H2,(H,37,42)(H,40,43)(H,45,46)(H2,47,48,49). The van der Waals surface area contributed by atoms with Crippen molar-refractivity contribution in [3.63, 3.8) is 0 Å². The first-order valence-electron chi connectivity index (χ1n) is 16.9. The molecule has 1 aliphatic heterocycles. The highest BCUT2D eigenvalue weighted by atomic mass is 31.2. The van der Waals surface area contributed by atoms with Gasteiger partial charge in [0.1, 0.15) is 18.3 Å². The van der Waals surface area contributed by atoms with Crippen LogP contribution in [0.4, 0.5) is 10.5 Å². The summed E-state index contributed by atoms with van der Waals surface area (Å²) < 4.78 is 15.7. The molecule has 1 aliphatic carbocycles. The number of phosphoric ester groups is 1. The molecule has 2 unspecified atom stereocenters. The Balaban J connectivity index is 1.38. The van der Waals surface area contributed by atoms with Gasteiger partial charge in [0.15, 0.2) is 0 Å². The number of rotatable bonds is 14. The highest BCUT2D eigenvalue weighted by Crippen LogP contribution is 2.37. The summed E-state index contributed by atoms with van der Waals surface area (Å²) in [6.45, 7) is 0.142. The van der Waals surface area contributed by atoms with Crippen molar-refractivity contribution in [2.75, 3.05) is 18.0 Å². The van der Waals surface area contributed by atoms with E-state index in [0.29, 0.717) is 40.6 Å². The van der Waals surface area contributed by atoms with E-state index in [1.165, 1.54) is 61.3 Å². The minimum absolute atomic E-state index is 0.126. The van der Waals surface area contributed by atoms with Crippen LogP contribution in [-0.4, -0.2) is 69.7 Å². The summed E-state index contributed by atoms with van der Waals surface area (Å²) in [6.07, 6.45) is 4.86. The molecular formula is C36H42N5O9P. The Morgan fingerprint density at radius 3 is 2.31 bits per heavy atom. The van der Waals surface area contributed by atoms with Crippen LogP contribution in [0.2, 0.25) is 0 Å². The molecule has 4 amide bonds. The van der Waals surface area contributed by atoms with E-state index in [-0.39, 0.29) is 24.6 Å². The second-order valence-electron chi connectivity index (χ2n) is 12.6. The van der Waals surface area contributed by atoms with Crippen LogP contribution < -0.4 is 25.4 Å². The van der Waals surface area contributed by atoms with E-state index in [9.17, 15) is 28.8 Å². The molecule has 0 spiro atoms. The lowest BCUT2D eigenvalue weighted by Gasteiger charge is -2.26. The maximum Gasteiger partial charge on any atom is 0.524 e. The molecule has 270 valence electrons. The molecule has 0 radical (unpaired) electrons. The Kier molecular flexibility index (Phi) is 12.6. The molecule has 0 bridgehead atoms. The van der Waals surface area contributed by atoms with Crippen molar-refractivity contribution in [2.24, 2.45) is 10.9 Å². The van der Waals surface area contributed by atoms with E-state index < -0.39 is 37.9 Å². The molecule has 5 rings (SSSR count). The normalized spacial score (nSPS) is 17.0. The molecule has 14 nitrogen and oxygen atoms in total. The minimum atomic E-state index is -4.80. The number of nitrogens with one attached hydrogen (secondary N) is 3. The number of hydrogen-bond donors (Lipinski definition) is 6. The van der Waals surface area contributed by atoms with E-state index in [0.717, 1.165) is 12.8 Å². The van der Waals surface area contributed by atoms with Gasteiger partial charge in [-0.3, -0.25) is 29.1 Å². The second-order valence-corrected chi connectivity index (χ2v) is 13.8. The fourth-order valence-corrected chi connectivity index (χ4v) is 6.86. The summed E-state index contributed by atoms with van der Waals surface area (Å²) in [5, 5.41) is 17.3. The van der Waals surface area contributed by atoms with Gasteiger partial charge in [0.2, 0.25) is 18.0 Å². The Morgan fingerprint density at radius 2 is 1.63 bits per heavy atom. The van der Waals surface area contributed by atoms with Gasteiger partial charge in [0.05, 0.1) is 11.4 Å². The third kappa shape index (κ3) is 10.7. The predicted octanol–water partition coefficient (Wildman–Crippen LogP) is 4.14. The van der Waals surface area contributed by atoms with Crippen LogP contribution in [0.1, 0.15) is 61.6 Å². The van der Waals surface area contributed by atoms with Gasteiger partial charge in [-0.2, -0.15) is 0 Å². The van der Waals surface area contributed by atoms with Gasteiger partial charge in [-0.05, 0) is 42.5 Å². The highest BCUT2D eigenvalue weighted by Gasteiger charge is 2.35. The second kappa shape index (κ2) is 17.3. The average Bonchev–Trinajstić information content (AvgIpc) is 3.21. The number of carbonyl (C=O) groups is 4. The lowest BCUT2D eigenvalue weighted by Crippen LogP contribution is -2.55. The summed E-state index contributed by atoms with van der Waals surface area (Å²) in [5.74, 6) is -1.37. The zero-order chi connectivity index (χ0) is 36.4. The number of fused-ring (bicyclic) bond motifs is 1. The van der Waals surface area contributed by atoms with Crippen LogP contribution in [0.3, 0.4) is 0 Å². The van der Waals surface area contributed by atoms with Crippen molar-refractivity contribution < 1.29 is 43.2 Å². The van der Waals surface area contributed by atoms with Crippen LogP contribution in [0, 0.1) is 5.92 Å². The summed E-state index contributed by atoms with van der Waals surface area (Å²) in [5.41, 5.74) is 2.47. The van der Waals surface area contributed by atoms with Crippen LogP contribution in [0.15, 0.2) is 83.9 Å². The summed E-state index contributed by atoms with van der Waals surface area (Å²) in [6, 6.07) is 20.1. The number of benzene rings is 3. The van der Waals surface area contributed by atoms with Gasteiger partial charge >= 0.3 is 13.9 Å². The predicted molar refractivity (Wildman–Crippen MR) is 189 cm³/mol. The van der Waals surface area contributed by atoms with Crippen molar-refractivity contribution in [1.29, 1.82) is 0 Å². The number of carboxylic acid groups (broad SMARTS) is 1. The SMILES string of the molecule is O=C(O)NC(Cc1ccc(OP(=O)(O)O)cc1)C(=O)NC1N=C(c2ccccc2)c2ccccc2N(CC(=O)NCCCC2CCCCC2)C1=O. The molecular weight excluding hydrogens is 677 g/mol. The van der Waals surface area contributed by atoms with Crippen LogP contribution >= 0.6 is 7.82 Å². The first-order chi connectivity index (χ1) is 24.5. The monoisotopic (exact) mass is 719 g/mol. The topological polar surface area (TPSA) is 207 Å². The van der Waals surface area contributed by atoms with Gasteiger partial charge in [0, 0.05) is 24.1 Å². The van der Waals surface area contributed by atoms with Crippen molar-refractivity contribution in [3.8, 4) is 5.75 Å². The van der Waals surface area contributed by atoms with Crippen molar-refractivity contribution in [1.82, 2.24) is 16.0 Å². The van der Waals surface area contributed by atoms with Crippen LogP contribution in [0.25, 0.3) is 0 Å². The molecule has 1 heterocycles. The number of nitrogens with zero attached hydrogens (tertiary/aromatic N) is 2. The fraction of sp³-hybridized carbons (Fsp3) is 0.361. The van der Waals surface area contributed by atoms with Gasteiger partial charge in [0.25, 0.3) is 5.91 Å². The molecule has 1 fully saturated rings. The number of amides is 4. The van der Waals surface area contributed by atoms with Crippen molar-refractivity contribution >= 4 is 43.0 Å². The maximum atomic E-state index is 14.3. The van der Waals surface area contributed by atoms with E-state index >= 15 is 0 Å². The summed E-state index contributed by atoms with van der Waals surface area (Å²) >= 11 is 0. The number of phosphoric acid groups is 1. The van der Waals surface area contributed by atoms with Gasteiger partial charge in [-0.15, -0.1) is 0 Å². The van der Waals surface area contributed by atoms with Gasteiger partial charge in [-0.1, -0.05) is 92.8 Å². The number of anilines is 1. The summed E-state index contributed by atoms with van der Waals surface area (Å²) in [4.78, 5) is 77.1. The lowest BCUT2D eigenvalue weighted by atomic mass is 9.86. The first-order valence-corrected chi connectivity index (χ1v) is 18.4. The number of hydrogen-bond acceptors (Lipinski definition) is 7. The third-order valence-electron chi connectivity index (χ3n) is 8.87. The Labute approximate surface area is 295 Å². The minimum Gasteiger partial charge on any atom is -0.465 e. The molecule has 6 N–H and O–H groups in total. The van der Waals surface area contributed by atoms with Gasteiger partial charge in [-0.25, -0.2) is 14.4 Å². The number of para-hydroxylation sites is 1. The van der Waals surface area contributed by atoms with Gasteiger partial charge < -0.3 is 25.6 Å². The van der Waals surface area contributed by atoms with Crippen LogP contribution in [-0.2, 0) is 25.4 Å². The molecule has 15 heteroatoms. The quantitative estimate of drug-likeness (QED) is 0.104. The molecule has 2 aliphatic rings. The fourth-order valence-electron chi connectivity index (χ4n) is 6.46. The molecule has 0 saturated heterocycles. The van der Waals surface area contributed by atoms with E-state index in [2.05, 4.69) is 20.5 Å². The van der Waals surface area contributed by atoms with E-state index in [4.69, 9.17) is 14.8 Å². The smallest absolute Gasteiger partial charge is 0.465 e. The first kappa shape index (κ1) is 37.2. The number of benzodiazepines with no additional fused rings is 1.